The second kappa shape index (κ2) is 5.15. The number of ether oxygens (including phenoxy) is 1. The summed E-state index contributed by atoms with van der Waals surface area (Å²) in [5, 5.41) is 16.4. The lowest BCUT2D eigenvalue weighted by Crippen LogP contribution is -2.54. The van der Waals surface area contributed by atoms with Gasteiger partial charge in [0.15, 0.2) is 5.72 Å². The van der Waals surface area contributed by atoms with Crippen LogP contribution in [0.5, 0.6) is 5.75 Å². The molecule has 1 aromatic carbocycles. The van der Waals surface area contributed by atoms with Gasteiger partial charge in [-0.25, -0.2) is 0 Å². The number of methoxy groups -OCH3 is 1. The predicted octanol–water partition coefficient (Wildman–Crippen LogP) is 2.65. The maximum absolute atomic E-state index is 12.7. The Morgan fingerprint density at radius 3 is 2.38 bits per heavy atom. The Bertz CT molecular complexity index is 572. The van der Waals surface area contributed by atoms with Crippen LogP contribution in [0.25, 0.3) is 0 Å². The van der Waals surface area contributed by atoms with Gasteiger partial charge in [-0.2, -0.15) is 10.1 Å². The minimum atomic E-state index is -1.31. The van der Waals surface area contributed by atoms with Crippen molar-refractivity contribution in [3.8, 4) is 5.75 Å². The number of hydrazone groups is 1. The number of carbonyl (C=O) groups excluding carboxylic acids is 1. The van der Waals surface area contributed by atoms with Crippen molar-refractivity contribution in [3.63, 3.8) is 0 Å². The molecule has 21 heavy (non-hydrogen) atoms. The molecule has 0 spiro atoms. The Labute approximate surface area is 125 Å². The molecule has 1 atom stereocenters. The van der Waals surface area contributed by atoms with Gasteiger partial charge in [-0.3, -0.25) is 4.79 Å². The monoisotopic (exact) mass is 290 g/mol. The SMILES string of the molecule is COc1ccc(C(=O)N2N=C(C)CC2(O)C(C)(C)C)cc1. The number of rotatable bonds is 2. The summed E-state index contributed by atoms with van der Waals surface area (Å²) in [5.74, 6) is 0.366. The van der Waals surface area contributed by atoms with Gasteiger partial charge in [-0.1, -0.05) is 20.8 Å². The molecule has 0 saturated carbocycles. The quantitative estimate of drug-likeness (QED) is 0.910. The third-order valence-corrected chi connectivity index (χ3v) is 3.85. The third kappa shape index (κ3) is 2.65. The van der Waals surface area contributed by atoms with Crippen molar-refractivity contribution in [2.75, 3.05) is 7.11 Å². The van der Waals surface area contributed by atoms with Gasteiger partial charge in [-0.15, -0.1) is 0 Å². The van der Waals surface area contributed by atoms with E-state index in [0.717, 1.165) is 5.71 Å². The molecule has 0 radical (unpaired) electrons. The van der Waals surface area contributed by atoms with Gasteiger partial charge < -0.3 is 9.84 Å². The first-order valence-corrected chi connectivity index (χ1v) is 6.94. The van der Waals surface area contributed by atoms with Crippen LogP contribution >= 0.6 is 0 Å². The van der Waals surface area contributed by atoms with Gasteiger partial charge >= 0.3 is 0 Å². The number of aliphatic hydroxyl groups is 1. The number of benzene rings is 1. The lowest BCUT2D eigenvalue weighted by Gasteiger charge is -2.41. The molecule has 1 N–H and O–H groups in total. The van der Waals surface area contributed by atoms with E-state index in [-0.39, 0.29) is 5.91 Å². The molecule has 1 heterocycles. The molecule has 0 fully saturated rings. The first-order chi connectivity index (χ1) is 9.69. The fourth-order valence-corrected chi connectivity index (χ4v) is 2.37. The predicted molar refractivity (Wildman–Crippen MR) is 81.3 cm³/mol. The molecule has 1 amide bonds. The topological polar surface area (TPSA) is 62.1 Å². The molecule has 2 rings (SSSR count). The largest absolute Gasteiger partial charge is 0.497 e. The van der Waals surface area contributed by atoms with E-state index in [9.17, 15) is 9.90 Å². The summed E-state index contributed by atoms with van der Waals surface area (Å²) in [6.07, 6.45) is 0.360. The van der Waals surface area contributed by atoms with Gasteiger partial charge in [0, 0.05) is 23.1 Å². The first-order valence-electron chi connectivity index (χ1n) is 6.94. The molecule has 0 aliphatic carbocycles. The summed E-state index contributed by atoms with van der Waals surface area (Å²) in [7, 11) is 1.57. The molecular weight excluding hydrogens is 268 g/mol. The summed E-state index contributed by atoms with van der Waals surface area (Å²) in [5.41, 5.74) is -0.601. The van der Waals surface area contributed by atoms with E-state index in [1.807, 2.05) is 27.7 Å². The maximum Gasteiger partial charge on any atom is 0.276 e. The second-order valence-electron chi connectivity index (χ2n) is 6.42. The van der Waals surface area contributed by atoms with Crippen LogP contribution in [0.2, 0.25) is 0 Å². The molecule has 1 aromatic rings. The van der Waals surface area contributed by atoms with Crippen molar-refractivity contribution in [1.82, 2.24) is 5.01 Å². The summed E-state index contributed by atoms with van der Waals surface area (Å²) in [6.45, 7) is 7.51. The number of hydrogen-bond acceptors (Lipinski definition) is 4. The standard InChI is InChI=1S/C16H22N2O3/c1-11-10-16(20,15(2,3)4)18(17-11)14(19)12-6-8-13(21-5)9-7-12/h6-9,20H,10H2,1-5H3. The average Bonchev–Trinajstić information content (AvgIpc) is 2.74. The highest BCUT2D eigenvalue weighted by atomic mass is 16.5. The van der Waals surface area contributed by atoms with Crippen molar-refractivity contribution in [1.29, 1.82) is 0 Å². The van der Waals surface area contributed by atoms with Gasteiger partial charge in [0.1, 0.15) is 5.75 Å². The summed E-state index contributed by atoms with van der Waals surface area (Å²) < 4.78 is 5.08. The highest BCUT2D eigenvalue weighted by molar-refractivity contribution is 5.97. The molecule has 0 bridgehead atoms. The minimum absolute atomic E-state index is 0.313. The van der Waals surface area contributed by atoms with E-state index in [1.165, 1.54) is 5.01 Å². The van der Waals surface area contributed by atoms with Crippen LogP contribution < -0.4 is 4.74 Å². The van der Waals surface area contributed by atoms with E-state index in [4.69, 9.17) is 4.74 Å². The first kappa shape index (κ1) is 15.5. The van der Waals surface area contributed by atoms with Crippen LogP contribution in [0, 0.1) is 5.41 Å². The van der Waals surface area contributed by atoms with Crippen LogP contribution in [0.3, 0.4) is 0 Å². The molecule has 0 saturated heterocycles. The zero-order chi connectivity index (χ0) is 15.8. The fourth-order valence-electron chi connectivity index (χ4n) is 2.37. The molecule has 1 aliphatic heterocycles. The van der Waals surface area contributed by atoms with Crippen molar-refractivity contribution in [3.05, 3.63) is 29.8 Å². The summed E-state index contributed by atoms with van der Waals surface area (Å²) in [4.78, 5) is 12.7. The van der Waals surface area contributed by atoms with Crippen LogP contribution in [0.4, 0.5) is 0 Å². The van der Waals surface area contributed by atoms with Crippen LogP contribution in [-0.2, 0) is 0 Å². The summed E-state index contributed by atoms with van der Waals surface area (Å²) in [6, 6.07) is 6.78. The number of amides is 1. The van der Waals surface area contributed by atoms with Gasteiger partial charge in [-0.05, 0) is 31.2 Å². The molecule has 5 nitrogen and oxygen atoms in total. The molecule has 5 heteroatoms. The highest BCUT2D eigenvalue weighted by Crippen LogP contribution is 2.41. The van der Waals surface area contributed by atoms with Crippen molar-refractivity contribution in [2.24, 2.45) is 10.5 Å². The smallest absolute Gasteiger partial charge is 0.276 e. The van der Waals surface area contributed by atoms with Gasteiger partial charge in [0.25, 0.3) is 5.91 Å². The van der Waals surface area contributed by atoms with Crippen molar-refractivity contribution >= 4 is 11.6 Å². The van der Waals surface area contributed by atoms with E-state index in [0.29, 0.717) is 17.7 Å². The molecular formula is C16H22N2O3. The van der Waals surface area contributed by atoms with Crippen LogP contribution in [0.15, 0.2) is 29.4 Å². The van der Waals surface area contributed by atoms with E-state index in [2.05, 4.69) is 5.10 Å². The number of carbonyl (C=O) groups is 1. The van der Waals surface area contributed by atoms with E-state index < -0.39 is 11.1 Å². The molecule has 1 unspecified atom stereocenters. The third-order valence-electron chi connectivity index (χ3n) is 3.85. The fraction of sp³-hybridized carbons (Fsp3) is 0.500. The van der Waals surface area contributed by atoms with Crippen molar-refractivity contribution < 1.29 is 14.6 Å². The Balaban J connectivity index is 2.35. The summed E-state index contributed by atoms with van der Waals surface area (Å²) >= 11 is 0. The Morgan fingerprint density at radius 2 is 1.90 bits per heavy atom. The van der Waals surface area contributed by atoms with Crippen LogP contribution in [0.1, 0.15) is 44.5 Å². The lowest BCUT2D eigenvalue weighted by atomic mass is 9.80. The Hall–Kier alpha value is -1.88. The average molecular weight is 290 g/mol. The Kier molecular flexibility index (Phi) is 3.80. The van der Waals surface area contributed by atoms with Gasteiger partial charge in [0.05, 0.1) is 7.11 Å². The van der Waals surface area contributed by atoms with Crippen molar-refractivity contribution in [2.45, 2.75) is 39.8 Å². The maximum atomic E-state index is 12.7. The van der Waals surface area contributed by atoms with E-state index in [1.54, 1.807) is 31.4 Å². The van der Waals surface area contributed by atoms with E-state index >= 15 is 0 Å². The molecule has 114 valence electrons. The lowest BCUT2D eigenvalue weighted by molar-refractivity contribution is -0.143. The molecule has 1 aliphatic rings. The second-order valence-corrected chi connectivity index (χ2v) is 6.42. The Morgan fingerprint density at radius 1 is 1.33 bits per heavy atom. The number of hydrogen-bond donors (Lipinski definition) is 1. The van der Waals surface area contributed by atoms with Crippen LogP contribution in [-0.4, -0.2) is 34.6 Å². The zero-order valence-electron chi connectivity index (χ0n) is 13.2. The zero-order valence-corrected chi connectivity index (χ0v) is 13.2. The number of nitrogens with zero attached hydrogens (tertiary/aromatic N) is 2. The minimum Gasteiger partial charge on any atom is -0.497 e. The highest BCUT2D eigenvalue weighted by Gasteiger charge is 2.51. The van der Waals surface area contributed by atoms with Gasteiger partial charge in [0.2, 0.25) is 0 Å². The normalized spacial score (nSPS) is 22.2. The molecule has 0 aromatic heterocycles.